The highest BCUT2D eigenvalue weighted by molar-refractivity contribution is 5.40. The van der Waals surface area contributed by atoms with E-state index in [9.17, 15) is 0 Å². The van der Waals surface area contributed by atoms with Crippen LogP contribution in [0.25, 0.3) is 0 Å². The molecule has 0 bridgehead atoms. The van der Waals surface area contributed by atoms with E-state index < -0.39 is 0 Å². The van der Waals surface area contributed by atoms with E-state index in [0.717, 1.165) is 6.54 Å². The Balaban J connectivity index is 2.11. The molecule has 1 heteroatoms. The highest BCUT2D eigenvalue weighted by Gasteiger charge is 2.30. The van der Waals surface area contributed by atoms with Crippen molar-refractivity contribution in [3.8, 4) is 0 Å². The van der Waals surface area contributed by atoms with Gasteiger partial charge in [0.25, 0.3) is 0 Å². The van der Waals surface area contributed by atoms with Crippen LogP contribution in [0, 0.1) is 0 Å². The van der Waals surface area contributed by atoms with Crippen molar-refractivity contribution in [1.29, 1.82) is 0 Å². The minimum Gasteiger partial charge on any atom is -0.295 e. The summed E-state index contributed by atoms with van der Waals surface area (Å²) in [5.41, 5.74) is 2.97. The molecule has 0 saturated carbocycles. The number of allylic oxidation sites excluding steroid dienone is 2. The van der Waals surface area contributed by atoms with Crippen molar-refractivity contribution in [2.45, 2.75) is 18.5 Å². The second-order valence-electron chi connectivity index (χ2n) is 4.40. The van der Waals surface area contributed by atoms with Crippen LogP contribution in [0.5, 0.6) is 0 Å². The highest BCUT2D eigenvalue weighted by Crippen LogP contribution is 2.35. The number of likely N-dealkylation sites (N-methyl/N-ethyl adjacent to an activating group) is 1. The van der Waals surface area contributed by atoms with Gasteiger partial charge in [0.1, 0.15) is 0 Å². The van der Waals surface area contributed by atoms with Crippen LogP contribution in [0.3, 0.4) is 0 Å². The van der Waals surface area contributed by atoms with Crippen molar-refractivity contribution >= 4 is 0 Å². The fraction of sp³-hybridized carbons (Fsp3) is 0.286. The van der Waals surface area contributed by atoms with Gasteiger partial charge in [-0.3, -0.25) is 4.90 Å². The van der Waals surface area contributed by atoms with Crippen molar-refractivity contribution in [3.63, 3.8) is 0 Å². The molecular weight excluding hydrogens is 182 g/mol. The van der Waals surface area contributed by atoms with E-state index in [2.05, 4.69) is 60.5 Å². The molecule has 1 aromatic rings. The molecule has 2 unspecified atom stereocenters. The molecule has 1 nitrogen and oxygen atoms in total. The number of fused-ring (bicyclic) bond motifs is 3. The maximum Gasteiger partial charge on any atom is 0.0385 e. The number of nitrogens with zero attached hydrogens (tertiary/aromatic N) is 1. The Morgan fingerprint density at radius 1 is 1.13 bits per heavy atom. The van der Waals surface area contributed by atoms with Crippen LogP contribution < -0.4 is 0 Å². The van der Waals surface area contributed by atoms with Gasteiger partial charge in [0.2, 0.25) is 0 Å². The Hall–Kier alpha value is -1.34. The minimum atomic E-state index is 0.546. The second-order valence-corrected chi connectivity index (χ2v) is 4.40. The molecule has 0 amide bonds. The van der Waals surface area contributed by atoms with E-state index in [1.165, 1.54) is 11.1 Å². The van der Waals surface area contributed by atoms with E-state index >= 15 is 0 Å². The zero-order valence-corrected chi connectivity index (χ0v) is 8.93. The molecule has 0 N–H and O–H groups in total. The van der Waals surface area contributed by atoms with Crippen molar-refractivity contribution in [2.24, 2.45) is 0 Å². The van der Waals surface area contributed by atoms with Crippen LogP contribution in [0.15, 0.2) is 48.6 Å². The summed E-state index contributed by atoms with van der Waals surface area (Å²) in [5.74, 6) is 0.546. The van der Waals surface area contributed by atoms with Gasteiger partial charge < -0.3 is 0 Å². The molecule has 0 fully saturated rings. The van der Waals surface area contributed by atoms with Crippen molar-refractivity contribution in [3.05, 3.63) is 59.7 Å². The van der Waals surface area contributed by atoms with Gasteiger partial charge in [0, 0.05) is 18.5 Å². The monoisotopic (exact) mass is 197 g/mol. The van der Waals surface area contributed by atoms with E-state index in [1.807, 2.05) is 0 Å². The van der Waals surface area contributed by atoms with Gasteiger partial charge in [-0.2, -0.15) is 0 Å². The van der Waals surface area contributed by atoms with Crippen molar-refractivity contribution < 1.29 is 0 Å². The number of benzene rings is 1. The predicted molar refractivity (Wildman–Crippen MR) is 62.7 cm³/mol. The Kier molecular flexibility index (Phi) is 2.00. The number of rotatable bonds is 0. The zero-order chi connectivity index (χ0) is 10.3. The first kappa shape index (κ1) is 8.93. The lowest BCUT2D eigenvalue weighted by Crippen LogP contribution is -2.39. The van der Waals surface area contributed by atoms with Gasteiger partial charge in [-0.05, 0) is 18.2 Å². The van der Waals surface area contributed by atoms with Crippen molar-refractivity contribution in [1.82, 2.24) is 4.90 Å². The van der Waals surface area contributed by atoms with E-state index in [1.54, 1.807) is 0 Å². The van der Waals surface area contributed by atoms with Gasteiger partial charge in [-0.25, -0.2) is 0 Å². The number of hydrogen-bond donors (Lipinski definition) is 0. The molecule has 2 atom stereocenters. The minimum absolute atomic E-state index is 0.546. The fourth-order valence-corrected chi connectivity index (χ4v) is 2.68. The second kappa shape index (κ2) is 3.35. The van der Waals surface area contributed by atoms with Crippen LogP contribution in [0.4, 0.5) is 0 Å². The summed E-state index contributed by atoms with van der Waals surface area (Å²) < 4.78 is 0. The third-order valence-electron chi connectivity index (χ3n) is 3.45. The van der Waals surface area contributed by atoms with Gasteiger partial charge in [-0.1, -0.05) is 48.6 Å². The summed E-state index contributed by atoms with van der Waals surface area (Å²) in [4.78, 5) is 2.42. The molecular formula is C14H15N. The average Bonchev–Trinajstić information content (AvgIpc) is 2.30. The first-order valence-corrected chi connectivity index (χ1v) is 5.49. The molecule has 15 heavy (non-hydrogen) atoms. The fourth-order valence-electron chi connectivity index (χ4n) is 2.68. The van der Waals surface area contributed by atoms with Crippen molar-refractivity contribution in [2.75, 3.05) is 7.05 Å². The lowest BCUT2D eigenvalue weighted by molar-refractivity contribution is 0.237. The molecule has 0 saturated heterocycles. The maximum absolute atomic E-state index is 2.42. The molecule has 2 aliphatic rings. The summed E-state index contributed by atoms with van der Waals surface area (Å²) >= 11 is 0. The van der Waals surface area contributed by atoms with Crippen LogP contribution in [0.1, 0.15) is 17.0 Å². The number of hydrogen-bond acceptors (Lipinski definition) is 1. The first-order chi connectivity index (χ1) is 7.36. The van der Waals surface area contributed by atoms with E-state index in [4.69, 9.17) is 0 Å². The van der Waals surface area contributed by atoms with Gasteiger partial charge in [-0.15, -0.1) is 0 Å². The predicted octanol–water partition coefficient (Wildman–Crippen LogP) is 2.71. The van der Waals surface area contributed by atoms with Crippen LogP contribution in [0.2, 0.25) is 0 Å². The zero-order valence-electron chi connectivity index (χ0n) is 8.93. The lowest BCUT2D eigenvalue weighted by atomic mass is 9.81. The first-order valence-electron chi connectivity index (χ1n) is 5.49. The normalized spacial score (nSPS) is 28.6. The molecule has 1 aliphatic heterocycles. The largest absolute Gasteiger partial charge is 0.295 e. The molecule has 1 heterocycles. The molecule has 0 spiro atoms. The molecule has 1 aromatic carbocycles. The molecule has 0 radical (unpaired) electrons. The van der Waals surface area contributed by atoms with Crippen LogP contribution in [-0.4, -0.2) is 18.0 Å². The topological polar surface area (TPSA) is 3.24 Å². The Morgan fingerprint density at radius 3 is 2.87 bits per heavy atom. The average molecular weight is 197 g/mol. The maximum atomic E-state index is 2.42. The summed E-state index contributed by atoms with van der Waals surface area (Å²) in [6.45, 7) is 1.06. The quantitative estimate of drug-likeness (QED) is 0.618. The lowest BCUT2D eigenvalue weighted by Gasteiger charge is -2.38. The van der Waals surface area contributed by atoms with Crippen LogP contribution in [-0.2, 0) is 6.54 Å². The Morgan fingerprint density at radius 2 is 1.93 bits per heavy atom. The third kappa shape index (κ3) is 1.35. The third-order valence-corrected chi connectivity index (χ3v) is 3.45. The van der Waals surface area contributed by atoms with Gasteiger partial charge >= 0.3 is 0 Å². The van der Waals surface area contributed by atoms with E-state index in [-0.39, 0.29) is 0 Å². The molecule has 0 aromatic heterocycles. The Labute approximate surface area is 90.7 Å². The standard InChI is InChI=1S/C14H15N/c1-15-10-11-6-2-3-7-12(11)13-8-4-5-9-14(13)15/h2-9,13-14H,10H2,1H3. The summed E-state index contributed by atoms with van der Waals surface area (Å²) in [6, 6.07) is 9.34. The summed E-state index contributed by atoms with van der Waals surface area (Å²) in [5, 5.41) is 0. The Bertz CT molecular complexity index is 431. The molecule has 3 rings (SSSR count). The summed E-state index contributed by atoms with van der Waals surface area (Å²) in [6.07, 6.45) is 8.95. The van der Waals surface area contributed by atoms with Gasteiger partial charge in [0.05, 0.1) is 0 Å². The smallest absolute Gasteiger partial charge is 0.0385 e. The summed E-state index contributed by atoms with van der Waals surface area (Å²) in [7, 11) is 2.21. The molecule has 1 aliphatic carbocycles. The van der Waals surface area contributed by atoms with E-state index in [0.29, 0.717) is 12.0 Å². The van der Waals surface area contributed by atoms with Gasteiger partial charge in [0.15, 0.2) is 0 Å². The SMILES string of the molecule is CN1Cc2ccccc2C2C=CC=CC21. The molecule has 76 valence electrons. The highest BCUT2D eigenvalue weighted by atomic mass is 15.1. The van der Waals surface area contributed by atoms with Crippen LogP contribution >= 0.6 is 0 Å².